The van der Waals surface area contributed by atoms with Gasteiger partial charge >= 0.3 is 5.97 Å². The predicted molar refractivity (Wildman–Crippen MR) is 102 cm³/mol. The number of carbonyl (C=O) groups is 1. The van der Waals surface area contributed by atoms with E-state index in [0.29, 0.717) is 12.2 Å². The molecule has 3 heteroatoms. The van der Waals surface area contributed by atoms with Crippen LogP contribution in [-0.2, 0) is 17.8 Å². The van der Waals surface area contributed by atoms with Crippen LogP contribution < -0.4 is 0 Å². The zero-order chi connectivity index (χ0) is 16.1. The van der Waals surface area contributed by atoms with E-state index in [9.17, 15) is 4.79 Å². The highest BCUT2D eigenvalue weighted by Crippen LogP contribution is 2.28. The van der Waals surface area contributed by atoms with E-state index in [1.165, 1.54) is 11.1 Å². The van der Waals surface area contributed by atoms with Crippen LogP contribution in [0.2, 0.25) is 0 Å². The summed E-state index contributed by atoms with van der Waals surface area (Å²) in [5, 5.41) is 0. The molecule has 0 saturated heterocycles. The van der Waals surface area contributed by atoms with Gasteiger partial charge in [0.15, 0.2) is 0 Å². The summed E-state index contributed by atoms with van der Waals surface area (Å²) >= 11 is 2.19. The minimum Gasteiger partial charge on any atom is -0.457 e. The Hall–Kier alpha value is -1.88. The minimum absolute atomic E-state index is 0.268. The highest BCUT2D eigenvalue weighted by atomic mass is 127. The molecule has 0 aromatic heterocycles. The van der Waals surface area contributed by atoms with E-state index in [1.807, 2.05) is 52.6 Å². The molecule has 0 unspecified atom stereocenters. The molecule has 0 spiro atoms. The van der Waals surface area contributed by atoms with Crippen molar-refractivity contribution >= 4 is 40.7 Å². The van der Waals surface area contributed by atoms with E-state index in [2.05, 4.69) is 34.7 Å². The van der Waals surface area contributed by atoms with Gasteiger partial charge in [-0.3, -0.25) is 0 Å². The van der Waals surface area contributed by atoms with Crippen LogP contribution in [0, 0.1) is 0 Å². The molecule has 116 valence electrons. The van der Waals surface area contributed by atoms with E-state index in [0.717, 1.165) is 24.0 Å². The van der Waals surface area contributed by atoms with E-state index >= 15 is 0 Å². The fourth-order valence-electron chi connectivity index (χ4n) is 2.79. The van der Waals surface area contributed by atoms with Gasteiger partial charge in [0.25, 0.3) is 0 Å². The predicted octanol–water partition coefficient (Wildman–Crippen LogP) is 5.41. The maximum atomic E-state index is 12.5. The highest BCUT2D eigenvalue weighted by Gasteiger charge is 2.18. The lowest BCUT2D eigenvalue weighted by Crippen LogP contribution is -2.10. The third-order valence-electron chi connectivity index (χ3n) is 3.91. The minimum atomic E-state index is -0.268. The molecular weight excluding hydrogens is 399 g/mol. The Morgan fingerprint density at radius 2 is 2.00 bits per heavy atom. The molecule has 3 rings (SSSR count). The monoisotopic (exact) mass is 416 g/mol. The molecule has 0 bridgehead atoms. The number of rotatable bonds is 4. The Balaban J connectivity index is 1.86. The third kappa shape index (κ3) is 3.72. The number of halogens is 1. The number of carbonyl (C=O) groups excluding carboxylic acids is 1. The SMILES string of the molecule is O=C(OCc1ccccc1)c1ccc2c(c1/C=C\I)CCC=C2. The molecule has 0 saturated carbocycles. The Labute approximate surface area is 150 Å². The Morgan fingerprint density at radius 3 is 2.78 bits per heavy atom. The molecule has 23 heavy (non-hydrogen) atoms. The van der Waals surface area contributed by atoms with E-state index in [4.69, 9.17) is 4.74 Å². The van der Waals surface area contributed by atoms with Crippen LogP contribution in [0.15, 0.2) is 52.6 Å². The van der Waals surface area contributed by atoms with Crippen LogP contribution in [0.4, 0.5) is 0 Å². The molecule has 2 aromatic rings. The second-order valence-corrected chi connectivity index (χ2v) is 6.11. The van der Waals surface area contributed by atoms with Gasteiger partial charge in [0.05, 0.1) is 5.56 Å². The summed E-state index contributed by atoms with van der Waals surface area (Å²) in [5.41, 5.74) is 5.05. The summed E-state index contributed by atoms with van der Waals surface area (Å²) in [7, 11) is 0. The topological polar surface area (TPSA) is 26.3 Å². The van der Waals surface area contributed by atoms with Crippen molar-refractivity contribution in [2.24, 2.45) is 0 Å². The summed E-state index contributed by atoms with van der Waals surface area (Å²) in [5.74, 6) is -0.268. The quantitative estimate of drug-likeness (QED) is 0.492. The fraction of sp³-hybridized carbons (Fsp3) is 0.150. The number of fused-ring (bicyclic) bond motifs is 1. The molecular formula is C20H17IO2. The molecule has 0 aliphatic heterocycles. The molecule has 1 aliphatic carbocycles. The standard InChI is InChI=1S/C20H17IO2/c21-13-12-18-17-9-5-4-8-16(17)10-11-19(18)20(22)23-14-15-6-2-1-3-7-15/h1-4,6-8,10-13H,5,9,14H2/b13-12-. The van der Waals surface area contributed by atoms with Gasteiger partial charge in [-0.15, -0.1) is 0 Å². The summed E-state index contributed by atoms with van der Waals surface area (Å²) < 4.78 is 7.44. The number of esters is 1. The van der Waals surface area contributed by atoms with Gasteiger partial charge in [-0.05, 0) is 51.3 Å². The van der Waals surface area contributed by atoms with Crippen molar-refractivity contribution in [2.75, 3.05) is 0 Å². The lowest BCUT2D eigenvalue weighted by Gasteiger charge is -2.17. The van der Waals surface area contributed by atoms with E-state index in [-0.39, 0.29) is 5.97 Å². The van der Waals surface area contributed by atoms with Gasteiger partial charge < -0.3 is 4.74 Å². The van der Waals surface area contributed by atoms with E-state index in [1.54, 1.807) is 0 Å². The molecule has 0 N–H and O–H groups in total. The van der Waals surface area contributed by atoms with Crippen molar-refractivity contribution in [3.63, 3.8) is 0 Å². The van der Waals surface area contributed by atoms with E-state index < -0.39 is 0 Å². The van der Waals surface area contributed by atoms with Gasteiger partial charge in [0, 0.05) is 0 Å². The zero-order valence-corrected chi connectivity index (χ0v) is 14.8. The van der Waals surface area contributed by atoms with Gasteiger partial charge in [0.2, 0.25) is 0 Å². The van der Waals surface area contributed by atoms with Crippen molar-refractivity contribution in [1.29, 1.82) is 0 Å². The molecule has 0 amide bonds. The molecule has 0 heterocycles. The number of allylic oxidation sites excluding steroid dienone is 1. The van der Waals surface area contributed by atoms with Crippen LogP contribution in [0.1, 0.15) is 39.0 Å². The van der Waals surface area contributed by atoms with Crippen molar-refractivity contribution in [2.45, 2.75) is 19.4 Å². The highest BCUT2D eigenvalue weighted by molar-refractivity contribution is 14.1. The first-order chi connectivity index (χ1) is 11.3. The van der Waals surface area contributed by atoms with Gasteiger partial charge in [-0.2, -0.15) is 0 Å². The first-order valence-corrected chi connectivity index (χ1v) is 8.84. The molecule has 0 radical (unpaired) electrons. The van der Waals surface area contributed by atoms with Gasteiger partial charge in [-0.1, -0.05) is 71.1 Å². The second-order valence-electron chi connectivity index (χ2n) is 5.39. The first kappa shape index (κ1) is 16.0. The molecule has 1 aliphatic rings. The summed E-state index contributed by atoms with van der Waals surface area (Å²) in [6.07, 6.45) is 8.27. The lowest BCUT2D eigenvalue weighted by molar-refractivity contribution is 0.0472. The zero-order valence-electron chi connectivity index (χ0n) is 12.7. The van der Waals surface area contributed by atoms with Crippen LogP contribution in [0.3, 0.4) is 0 Å². The van der Waals surface area contributed by atoms with Crippen LogP contribution in [0.5, 0.6) is 0 Å². The number of hydrogen-bond acceptors (Lipinski definition) is 2. The normalized spacial score (nSPS) is 13.1. The summed E-state index contributed by atoms with van der Waals surface area (Å²) in [4.78, 5) is 12.5. The average molecular weight is 416 g/mol. The maximum absolute atomic E-state index is 12.5. The van der Waals surface area contributed by atoms with Crippen molar-refractivity contribution in [1.82, 2.24) is 0 Å². The fourth-order valence-corrected chi connectivity index (χ4v) is 3.15. The Bertz CT molecular complexity index is 761. The van der Waals surface area contributed by atoms with Crippen molar-refractivity contribution < 1.29 is 9.53 Å². The smallest absolute Gasteiger partial charge is 0.339 e. The van der Waals surface area contributed by atoms with Crippen molar-refractivity contribution in [3.05, 3.63) is 80.4 Å². The Morgan fingerprint density at radius 1 is 1.17 bits per heavy atom. The van der Waals surface area contributed by atoms with Gasteiger partial charge in [-0.25, -0.2) is 4.79 Å². The lowest BCUT2D eigenvalue weighted by atomic mass is 9.89. The number of ether oxygens (including phenoxy) is 1. The molecule has 0 fully saturated rings. The average Bonchev–Trinajstić information content (AvgIpc) is 2.61. The summed E-state index contributed by atoms with van der Waals surface area (Å²) in [6, 6.07) is 13.6. The molecule has 2 nitrogen and oxygen atoms in total. The first-order valence-electron chi connectivity index (χ1n) is 7.60. The number of benzene rings is 2. The summed E-state index contributed by atoms with van der Waals surface area (Å²) in [6.45, 7) is 0.296. The largest absolute Gasteiger partial charge is 0.457 e. The third-order valence-corrected chi connectivity index (χ3v) is 4.27. The second kappa shape index (κ2) is 7.59. The van der Waals surface area contributed by atoms with Gasteiger partial charge in [0.1, 0.15) is 6.61 Å². The van der Waals surface area contributed by atoms with Crippen LogP contribution >= 0.6 is 22.6 Å². The van der Waals surface area contributed by atoms with Crippen LogP contribution in [-0.4, -0.2) is 5.97 Å². The van der Waals surface area contributed by atoms with Crippen molar-refractivity contribution in [3.8, 4) is 0 Å². The molecule has 0 atom stereocenters. The van der Waals surface area contributed by atoms with Crippen LogP contribution in [0.25, 0.3) is 12.2 Å². The Kier molecular flexibility index (Phi) is 5.28. The maximum Gasteiger partial charge on any atom is 0.339 e. The molecule has 2 aromatic carbocycles. The number of hydrogen-bond donors (Lipinski definition) is 0.